The molecule has 0 atom stereocenters. The highest BCUT2D eigenvalue weighted by Gasteiger charge is 2.13. The fraction of sp³-hybridized carbons (Fsp3) is 0.111. The van der Waals surface area contributed by atoms with Gasteiger partial charge in [-0.25, -0.2) is 0 Å². The van der Waals surface area contributed by atoms with Gasteiger partial charge in [-0.3, -0.25) is 0 Å². The van der Waals surface area contributed by atoms with E-state index < -0.39 is 0 Å². The van der Waals surface area contributed by atoms with Gasteiger partial charge in [0.2, 0.25) is 0 Å². The average Bonchev–Trinajstić information content (AvgIpc) is 2.98. The zero-order chi connectivity index (χ0) is 16.1. The molecule has 0 aliphatic heterocycles. The van der Waals surface area contributed by atoms with Gasteiger partial charge in [0.25, 0.3) is 0 Å². The Morgan fingerprint density at radius 2 is 1.17 bits per heavy atom. The van der Waals surface area contributed by atoms with Gasteiger partial charge in [-0.05, 0) is 24.3 Å². The van der Waals surface area contributed by atoms with Crippen molar-refractivity contribution >= 4 is 56.8 Å². The minimum atomic E-state index is 0.759. The fourth-order valence-electron chi connectivity index (χ4n) is 2.92. The predicted octanol–water partition coefficient (Wildman–Crippen LogP) is 6.13. The van der Waals surface area contributed by atoms with Crippen molar-refractivity contribution in [3.8, 4) is 0 Å². The van der Waals surface area contributed by atoms with E-state index >= 15 is 0 Å². The third-order valence-electron chi connectivity index (χ3n) is 4.05. The molecule has 0 N–H and O–H groups in total. The Labute approximate surface area is 148 Å². The number of aromatic nitrogens is 2. The Morgan fingerprint density at radius 3 is 1.61 bits per heavy atom. The van der Waals surface area contributed by atoms with E-state index in [1.807, 2.05) is 38.4 Å². The monoisotopic (exact) mass is 360 g/mol. The SMILES string of the molecule is Cn1cc(Sc2cn(C)c3cc(Cl)ccc23)c2ccc(Cl)cc21. The molecule has 0 bridgehead atoms. The number of benzene rings is 2. The maximum atomic E-state index is 6.12. The number of fused-ring (bicyclic) bond motifs is 2. The van der Waals surface area contributed by atoms with Crippen molar-refractivity contribution in [2.75, 3.05) is 0 Å². The molecular weight excluding hydrogens is 347 g/mol. The highest BCUT2D eigenvalue weighted by molar-refractivity contribution is 7.99. The van der Waals surface area contributed by atoms with Gasteiger partial charge in [-0.15, -0.1) is 0 Å². The normalized spacial score (nSPS) is 11.7. The lowest BCUT2D eigenvalue weighted by molar-refractivity contribution is 0.954. The van der Waals surface area contributed by atoms with E-state index in [1.54, 1.807) is 11.8 Å². The number of rotatable bonds is 2. The Balaban J connectivity index is 1.85. The Bertz CT molecular complexity index is 962. The molecule has 0 aliphatic carbocycles. The molecule has 23 heavy (non-hydrogen) atoms. The second kappa shape index (κ2) is 5.52. The third-order valence-corrected chi connectivity index (χ3v) is 5.61. The van der Waals surface area contributed by atoms with Gasteiger partial charge >= 0.3 is 0 Å². The summed E-state index contributed by atoms with van der Waals surface area (Å²) in [5.74, 6) is 0. The Kier molecular flexibility index (Phi) is 3.60. The highest BCUT2D eigenvalue weighted by atomic mass is 35.5. The molecule has 2 nitrogen and oxygen atoms in total. The smallest absolute Gasteiger partial charge is 0.0504 e. The first-order chi connectivity index (χ1) is 11.0. The van der Waals surface area contributed by atoms with Gasteiger partial charge in [0, 0.05) is 57.1 Å². The molecule has 0 radical (unpaired) electrons. The average molecular weight is 361 g/mol. The fourth-order valence-corrected chi connectivity index (χ4v) is 4.48. The number of nitrogens with zero attached hydrogens (tertiary/aromatic N) is 2. The van der Waals surface area contributed by atoms with Crippen LogP contribution in [-0.4, -0.2) is 9.13 Å². The molecule has 2 aromatic heterocycles. The quantitative estimate of drug-likeness (QED) is 0.418. The molecule has 116 valence electrons. The van der Waals surface area contributed by atoms with Crippen molar-refractivity contribution in [2.45, 2.75) is 9.79 Å². The predicted molar refractivity (Wildman–Crippen MR) is 100.0 cm³/mol. The molecular formula is C18H14Cl2N2S. The molecule has 0 amide bonds. The second-order valence-corrected chi connectivity index (χ2v) is 7.59. The molecule has 2 heterocycles. The number of hydrogen-bond acceptors (Lipinski definition) is 1. The van der Waals surface area contributed by atoms with Gasteiger partial charge in [-0.1, -0.05) is 47.1 Å². The summed E-state index contributed by atoms with van der Waals surface area (Å²) in [6.45, 7) is 0. The number of halogens is 2. The molecule has 0 spiro atoms. The van der Waals surface area contributed by atoms with Crippen LogP contribution >= 0.6 is 35.0 Å². The van der Waals surface area contributed by atoms with Crippen molar-refractivity contribution in [3.63, 3.8) is 0 Å². The van der Waals surface area contributed by atoms with Crippen LogP contribution in [0, 0.1) is 0 Å². The van der Waals surface area contributed by atoms with Crippen molar-refractivity contribution in [3.05, 3.63) is 58.8 Å². The molecule has 0 saturated carbocycles. The van der Waals surface area contributed by atoms with Crippen LogP contribution in [0.2, 0.25) is 10.0 Å². The largest absolute Gasteiger partial charge is 0.349 e. The van der Waals surface area contributed by atoms with Crippen molar-refractivity contribution in [2.24, 2.45) is 14.1 Å². The van der Waals surface area contributed by atoms with Crippen LogP contribution in [0.15, 0.2) is 58.6 Å². The first kappa shape index (κ1) is 15.0. The van der Waals surface area contributed by atoms with Gasteiger partial charge in [0.1, 0.15) is 0 Å². The van der Waals surface area contributed by atoms with Gasteiger partial charge in [0.15, 0.2) is 0 Å². The lowest BCUT2D eigenvalue weighted by Crippen LogP contribution is -1.82. The molecule has 4 rings (SSSR count). The Hall–Kier alpha value is -1.55. The number of hydrogen-bond donors (Lipinski definition) is 0. The minimum absolute atomic E-state index is 0.759. The molecule has 0 saturated heterocycles. The zero-order valence-electron chi connectivity index (χ0n) is 12.7. The van der Waals surface area contributed by atoms with Crippen LogP contribution < -0.4 is 0 Å². The lowest BCUT2D eigenvalue weighted by atomic mass is 10.2. The molecule has 0 aliphatic rings. The van der Waals surface area contributed by atoms with Gasteiger partial charge < -0.3 is 9.13 Å². The lowest BCUT2D eigenvalue weighted by Gasteiger charge is -1.99. The summed E-state index contributed by atoms with van der Waals surface area (Å²) in [7, 11) is 4.09. The van der Waals surface area contributed by atoms with Crippen LogP contribution in [0.3, 0.4) is 0 Å². The highest BCUT2D eigenvalue weighted by Crippen LogP contribution is 2.39. The summed E-state index contributed by atoms with van der Waals surface area (Å²) in [5.41, 5.74) is 2.28. The zero-order valence-corrected chi connectivity index (χ0v) is 15.0. The van der Waals surface area contributed by atoms with Crippen LogP contribution in [0.4, 0.5) is 0 Å². The maximum Gasteiger partial charge on any atom is 0.0504 e. The van der Waals surface area contributed by atoms with E-state index in [-0.39, 0.29) is 0 Å². The summed E-state index contributed by atoms with van der Waals surface area (Å²) in [6, 6.07) is 12.1. The molecule has 4 aromatic rings. The van der Waals surface area contributed by atoms with E-state index in [9.17, 15) is 0 Å². The second-order valence-electron chi connectivity index (χ2n) is 5.63. The molecule has 0 fully saturated rings. The standard InChI is InChI=1S/C18H14Cl2N2S/c1-21-9-17(13-5-3-11(19)7-15(13)21)23-18-10-22(2)16-8-12(20)4-6-14(16)18/h3-10H,1-2H3. The third kappa shape index (κ3) is 2.53. The van der Waals surface area contributed by atoms with Gasteiger partial charge in [-0.2, -0.15) is 0 Å². The first-order valence-electron chi connectivity index (χ1n) is 7.20. The van der Waals surface area contributed by atoms with Crippen LogP contribution in [0.1, 0.15) is 0 Å². The maximum absolute atomic E-state index is 6.12. The summed E-state index contributed by atoms with van der Waals surface area (Å²) in [4.78, 5) is 2.45. The molecule has 5 heteroatoms. The summed E-state index contributed by atoms with van der Waals surface area (Å²) in [6.07, 6.45) is 4.31. The van der Waals surface area contributed by atoms with E-state index in [2.05, 4.69) is 33.7 Å². The van der Waals surface area contributed by atoms with Gasteiger partial charge in [0.05, 0.1) is 11.0 Å². The molecule has 2 aromatic carbocycles. The van der Waals surface area contributed by atoms with Crippen molar-refractivity contribution < 1.29 is 0 Å². The summed E-state index contributed by atoms with van der Waals surface area (Å²) >= 11 is 14.0. The van der Waals surface area contributed by atoms with Crippen LogP contribution in [0.5, 0.6) is 0 Å². The van der Waals surface area contributed by atoms with Crippen LogP contribution in [0.25, 0.3) is 21.8 Å². The van der Waals surface area contributed by atoms with Crippen LogP contribution in [-0.2, 0) is 14.1 Å². The first-order valence-corrected chi connectivity index (χ1v) is 8.77. The number of aryl methyl sites for hydroxylation is 2. The topological polar surface area (TPSA) is 9.86 Å². The Morgan fingerprint density at radius 1 is 0.739 bits per heavy atom. The van der Waals surface area contributed by atoms with Crippen molar-refractivity contribution in [1.29, 1.82) is 0 Å². The molecule has 0 unspecified atom stereocenters. The van der Waals surface area contributed by atoms with E-state index in [0.717, 1.165) is 21.1 Å². The summed E-state index contributed by atoms with van der Waals surface area (Å²) in [5, 5.41) is 3.95. The van der Waals surface area contributed by atoms with E-state index in [1.165, 1.54) is 20.6 Å². The van der Waals surface area contributed by atoms with Crippen molar-refractivity contribution in [1.82, 2.24) is 9.13 Å². The summed E-state index contributed by atoms with van der Waals surface area (Å²) < 4.78 is 4.23. The minimum Gasteiger partial charge on any atom is -0.349 e. The van der Waals surface area contributed by atoms with E-state index in [0.29, 0.717) is 0 Å². The van der Waals surface area contributed by atoms with E-state index in [4.69, 9.17) is 23.2 Å².